The van der Waals surface area contributed by atoms with Gasteiger partial charge >= 0.3 is 0 Å². The molecule has 0 atom stereocenters. The van der Waals surface area contributed by atoms with Crippen molar-refractivity contribution >= 4 is 0 Å². The van der Waals surface area contributed by atoms with Crippen molar-refractivity contribution in [2.75, 3.05) is 26.8 Å². The van der Waals surface area contributed by atoms with E-state index >= 15 is 0 Å². The summed E-state index contributed by atoms with van der Waals surface area (Å²) in [4.78, 5) is 6.72. The molecule has 1 aromatic carbocycles. The Balaban J connectivity index is 1.50. The van der Waals surface area contributed by atoms with Crippen molar-refractivity contribution < 1.29 is 9.47 Å². The second-order valence-electron chi connectivity index (χ2n) is 6.89. The van der Waals surface area contributed by atoms with E-state index in [1.165, 1.54) is 16.8 Å². The van der Waals surface area contributed by atoms with Crippen molar-refractivity contribution in [1.29, 1.82) is 0 Å². The van der Waals surface area contributed by atoms with Crippen LogP contribution in [0.25, 0.3) is 0 Å². The fourth-order valence-electron chi connectivity index (χ4n) is 4.03. The summed E-state index contributed by atoms with van der Waals surface area (Å²) in [5.41, 5.74) is 3.92. The van der Waals surface area contributed by atoms with Gasteiger partial charge in [-0.2, -0.15) is 0 Å². The van der Waals surface area contributed by atoms with Crippen molar-refractivity contribution in [1.82, 2.24) is 14.5 Å². The van der Waals surface area contributed by atoms with Gasteiger partial charge in [-0.25, -0.2) is 4.98 Å². The Morgan fingerprint density at radius 3 is 2.83 bits per heavy atom. The minimum absolute atomic E-state index is 0.108. The molecule has 0 aliphatic carbocycles. The smallest absolute Gasteiger partial charge is 0.119 e. The van der Waals surface area contributed by atoms with E-state index in [0.29, 0.717) is 0 Å². The number of piperidine rings is 1. The van der Waals surface area contributed by atoms with Gasteiger partial charge in [0, 0.05) is 32.9 Å². The lowest BCUT2D eigenvalue weighted by Crippen LogP contribution is -2.46. The number of benzene rings is 1. The summed E-state index contributed by atoms with van der Waals surface area (Å²) in [6.07, 6.45) is 6.90. The Morgan fingerprint density at radius 1 is 1.29 bits per heavy atom. The number of aromatic nitrogens is 2. The Bertz CT molecular complexity index is 717. The highest BCUT2D eigenvalue weighted by Crippen LogP contribution is 2.42. The van der Waals surface area contributed by atoms with Crippen LogP contribution in [0.5, 0.6) is 5.75 Å². The number of ether oxygens (including phenoxy) is 2. The predicted molar refractivity (Wildman–Crippen MR) is 92.0 cm³/mol. The van der Waals surface area contributed by atoms with E-state index in [9.17, 15) is 0 Å². The van der Waals surface area contributed by atoms with Gasteiger partial charge in [0.05, 0.1) is 31.3 Å². The van der Waals surface area contributed by atoms with Crippen molar-refractivity contribution in [2.24, 2.45) is 7.05 Å². The van der Waals surface area contributed by atoms with Crippen LogP contribution in [0.1, 0.15) is 29.7 Å². The fraction of sp³-hybridized carbons (Fsp3) is 0.526. The van der Waals surface area contributed by atoms with Crippen molar-refractivity contribution in [2.45, 2.75) is 31.4 Å². The zero-order valence-corrected chi connectivity index (χ0v) is 14.5. The summed E-state index contributed by atoms with van der Waals surface area (Å²) >= 11 is 0. The van der Waals surface area contributed by atoms with Crippen LogP contribution in [-0.4, -0.2) is 41.3 Å². The Morgan fingerprint density at radius 2 is 2.12 bits per heavy atom. The largest absolute Gasteiger partial charge is 0.497 e. The van der Waals surface area contributed by atoms with Gasteiger partial charge in [-0.15, -0.1) is 0 Å². The number of imidazole rings is 1. The van der Waals surface area contributed by atoms with Crippen LogP contribution >= 0.6 is 0 Å². The standard InChI is InChI=1S/C19H25N3O2/c1-21-14-20-12-16(21)13-22-8-6-19(7-9-22)18-4-3-17(23-2)11-15(18)5-10-24-19/h3-4,11-12,14H,5-10,13H2,1-2H3. The van der Waals surface area contributed by atoms with Gasteiger partial charge in [-0.05, 0) is 42.5 Å². The SMILES string of the molecule is COc1ccc2c(c1)CCOC21CCN(Cc2cncn2C)CC1. The molecule has 3 heterocycles. The van der Waals surface area contributed by atoms with Crippen LogP contribution in [-0.2, 0) is 30.4 Å². The number of aryl methyl sites for hydroxylation is 1. The monoisotopic (exact) mass is 327 g/mol. The van der Waals surface area contributed by atoms with Crippen molar-refractivity contribution in [3.63, 3.8) is 0 Å². The number of fused-ring (bicyclic) bond motifs is 2. The maximum Gasteiger partial charge on any atom is 0.119 e. The molecule has 1 fully saturated rings. The van der Waals surface area contributed by atoms with Crippen LogP contribution < -0.4 is 4.74 Å². The average molecular weight is 327 g/mol. The molecule has 2 aliphatic heterocycles. The summed E-state index contributed by atoms with van der Waals surface area (Å²) in [5, 5.41) is 0. The van der Waals surface area contributed by atoms with Crippen LogP contribution in [0.15, 0.2) is 30.7 Å². The highest BCUT2D eigenvalue weighted by atomic mass is 16.5. The highest BCUT2D eigenvalue weighted by molar-refractivity contribution is 5.41. The summed E-state index contributed by atoms with van der Waals surface area (Å²) in [6, 6.07) is 6.46. The Hall–Kier alpha value is -1.85. The quantitative estimate of drug-likeness (QED) is 0.868. The molecule has 128 valence electrons. The van der Waals surface area contributed by atoms with E-state index in [4.69, 9.17) is 9.47 Å². The van der Waals surface area contributed by atoms with E-state index in [-0.39, 0.29) is 5.60 Å². The van der Waals surface area contributed by atoms with Crippen LogP contribution in [0.4, 0.5) is 0 Å². The second-order valence-corrected chi connectivity index (χ2v) is 6.89. The molecule has 1 saturated heterocycles. The molecule has 2 aliphatic rings. The summed E-state index contributed by atoms with van der Waals surface area (Å²) in [7, 11) is 3.79. The number of nitrogens with zero attached hydrogens (tertiary/aromatic N) is 3. The average Bonchev–Trinajstić information content (AvgIpc) is 3.02. The molecule has 0 N–H and O–H groups in total. The second kappa shape index (κ2) is 6.22. The lowest BCUT2D eigenvalue weighted by molar-refractivity contribution is -0.0991. The summed E-state index contributed by atoms with van der Waals surface area (Å²) in [5.74, 6) is 0.944. The normalized spacial score (nSPS) is 20.1. The number of rotatable bonds is 3. The molecule has 5 nitrogen and oxygen atoms in total. The first-order valence-corrected chi connectivity index (χ1v) is 8.69. The van der Waals surface area contributed by atoms with E-state index in [1.54, 1.807) is 7.11 Å². The van der Waals surface area contributed by atoms with E-state index in [2.05, 4.69) is 39.7 Å². The lowest BCUT2D eigenvalue weighted by atomic mass is 9.79. The van der Waals surface area contributed by atoms with Gasteiger partial charge in [0.1, 0.15) is 5.75 Å². The van der Waals surface area contributed by atoms with E-state index in [0.717, 1.165) is 51.3 Å². The number of hydrogen-bond donors (Lipinski definition) is 0. The molecule has 0 radical (unpaired) electrons. The molecule has 4 rings (SSSR count). The summed E-state index contributed by atoms with van der Waals surface area (Å²) in [6.45, 7) is 3.87. The first-order valence-electron chi connectivity index (χ1n) is 8.69. The van der Waals surface area contributed by atoms with Gasteiger partial charge in [0.15, 0.2) is 0 Å². The topological polar surface area (TPSA) is 39.5 Å². The van der Waals surface area contributed by atoms with Gasteiger partial charge in [-0.3, -0.25) is 4.90 Å². The fourth-order valence-corrected chi connectivity index (χ4v) is 4.03. The maximum atomic E-state index is 6.33. The van der Waals surface area contributed by atoms with Crippen LogP contribution in [0.2, 0.25) is 0 Å². The van der Waals surface area contributed by atoms with E-state index < -0.39 is 0 Å². The maximum absolute atomic E-state index is 6.33. The molecule has 0 bridgehead atoms. The predicted octanol–water partition coefficient (Wildman–Crippen LogP) is 2.49. The first-order chi connectivity index (χ1) is 11.7. The minimum Gasteiger partial charge on any atom is -0.497 e. The molecule has 1 aromatic heterocycles. The van der Waals surface area contributed by atoms with Crippen molar-refractivity contribution in [3.05, 3.63) is 47.5 Å². The molecular weight excluding hydrogens is 302 g/mol. The molecule has 0 amide bonds. The third kappa shape index (κ3) is 2.72. The number of methoxy groups -OCH3 is 1. The zero-order chi connectivity index (χ0) is 16.6. The van der Waals surface area contributed by atoms with Crippen molar-refractivity contribution in [3.8, 4) is 5.75 Å². The highest BCUT2D eigenvalue weighted by Gasteiger charge is 2.40. The number of likely N-dealkylation sites (tertiary alicyclic amines) is 1. The third-order valence-corrected chi connectivity index (χ3v) is 5.52. The van der Waals surface area contributed by atoms with Gasteiger partial charge < -0.3 is 14.0 Å². The molecule has 0 unspecified atom stereocenters. The van der Waals surface area contributed by atoms with Crippen LogP contribution in [0, 0.1) is 0 Å². The molecule has 24 heavy (non-hydrogen) atoms. The molecule has 0 saturated carbocycles. The zero-order valence-electron chi connectivity index (χ0n) is 14.5. The molecular formula is C19H25N3O2. The van der Waals surface area contributed by atoms with Gasteiger partial charge in [0.2, 0.25) is 0 Å². The molecule has 1 spiro atoms. The Labute approximate surface area is 143 Å². The van der Waals surface area contributed by atoms with Gasteiger partial charge in [-0.1, -0.05) is 6.07 Å². The van der Waals surface area contributed by atoms with E-state index in [1.807, 2.05) is 12.5 Å². The first kappa shape index (κ1) is 15.7. The Kier molecular flexibility index (Phi) is 4.06. The third-order valence-electron chi connectivity index (χ3n) is 5.52. The summed E-state index contributed by atoms with van der Waals surface area (Å²) < 4.78 is 13.8. The minimum atomic E-state index is -0.108. The molecule has 5 heteroatoms. The lowest BCUT2D eigenvalue weighted by Gasteiger charge is -2.45. The van der Waals surface area contributed by atoms with Gasteiger partial charge in [0.25, 0.3) is 0 Å². The van der Waals surface area contributed by atoms with Crippen LogP contribution in [0.3, 0.4) is 0 Å². The number of hydrogen-bond acceptors (Lipinski definition) is 4. The molecule has 2 aromatic rings.